The summed E-state index contributed by atoms with van der Waals surface area (Å²) in [5.74, 6) is 1.15. The number of hydrogen-bond acceptors (Lipinski definition) is 4. The molecule has 0 fully saturated rings. The number of rotatable bonds is 7. The molecule has 5 nitrogen and oxygen atoms in total. The van der Waals surface area contributed by atoms with E-state index in [9.17, 15) is 8.42 Å². The van der Waals surface area contributed by atoms with Crippen LogP contribution in [0, 0.1) is 6.92 Å². The highest BCUT2D eigenvalue weighted by atomic mass is 32.2. The fourth-order valence-corrected chi connectivity index (χ4v) is 5.35. The third-order valence-electron chi connectivity index (χ3n) is 5.04. The lowest BCUT2D eigenvalue weighted by Gasteiger charge is -2.14. The van der Waals surface area contributed by atoms with E-state index < -0.39 is 10.0 Å². The van der Waals surface area contributed by atoms with E-state index in [2.05, 4.69) is 11.9 Å². The van der Waals surface area contributed by atoms with Crippen LogP contribution in [0.25, 0.3) is 21.8 Å². The summed E-state index contributed by atoms with van der Waals surface area (Å²) in [6.45, 7) is 4.48. The molecule has 1 aromatic heterocycles. The molecule has 4 rings (SSSR count). The van der Waals surface area contributed by atoms with Crippen LogP contribution >= 0.6 is 0 Å². The number of nitrogens with zero attached hydrogens (tertiary/aromatic N) is 2. The van der Waals surface area contributed by atoms with Crippen LogP contribution in [0.2, 0.25) is 0 Å². The lowest BCUT2D eigenvalue weighted by molar-refractivity contribution is 0.309. The van der Waals surface area contributed by atoms with Crippen LogP contribution in [-0.2, 0) is 10.0 Å². The lowest BCUT2D eigenvalue weighted by atomic mass is 10.1. The van der Waals surface area contributed by atoms with Crippen LogP contribution in [0.1, 0.15) is 32.0 Å². The number of hydrogen-bond donors (Lipinski definition) is 0. The number of benzene rings is 3. The van der Waals surface area contributed by atoms with E-state index in [1.54, 1.807) is 25.1 Å². The molecule has 0 unspecified atom stereocenters. The van der Waals surface area contributed by atoms with E-state index in [1.807, 2.05) is 42.5 Å². The molecule has 0 radical (unpaired) electrons. The maximum atomic E-state index is 13.6. The van der Waals surface area contributed by atoms with Crippen molar-refractivity contribution in [1.29, 1.82) is 0 Å². The Kier molecular flexibility index (Phi) is 5.28. The molecular weight excluding hydrogens is 384 g/mol. The van der Waals surface area contributed by atoms with Crippen molar-refractivity contribution >= 4 is 31.8 Å². The van der Waals surface area contributed by atoms with Crippen molar-refractivity contribution in [2.24, 2.45) is 0 Å². The lowest BCUT2D eigenvalue weighted by Crippen LogP contribution is -2.15. The van der Waals surface area contributed by atoms with Crippen molar-refractivity contribution in [1.82, 2.24) is 8.96 Å². The molecule has 0 aliphatic carbocycles. The minimum absolute atomic E-state index is 0.250. The van der Waals surface area contributed by atoms with Gasteiger partial charge in [0, 0.05) is 10.8 Å². The fraction of sp³-hybridized carbons (Fsp3) is 0.261. The predicted octanol–water partition coefficient (Wildman–Crippen LogP) is 5.30. The van der Waals surface area contributed by atoms with E-state index >= 15 is 0 Å². The quantitative estimate of drug-likeness (QED) is 0.389. The Morgan fingerprint density at radius 3 is 2.45 bits per heavy atom. The van der Waals surface area contributed by atoms with Crippen LogP contribution in [0.4, 0.5) is 0 Å². The monoisotopic (exact) mass is 408 g/mol. The largest absolute Gasteiger partial charge is 0.493 e. The summed E-state index contributed by atoms with van der Waals surface area (Å²) in [5.41, 5.74) is 1.24. The van der Waals surface area contributed by atoms with E-state index in [-0.39, 0.29) is 4.90 Å². The maximum Gasteiger partial charge on any atom is 0.270 e. The van der Waals surface area contributed by atoms with Gasteiger partial charge in [0.1, 0.15) is 11.6 Å². The van der Waals surface area contributed by atoms with Crippen molar-refractivity contribution in [3.63, 3.8) is 0 Å². The van der Waals surface area contributed by atoms with Gasteiger partial charge in [-0.3, -0.25) is 0 Å². The first kappa shape index (κ1) is 19.5. The van der Waals surface area contributed by atoms with Crippen LogP contribution in [0.15, 0.2) is 65.6 Å². The summed E-state index contributed by atoms with van der Waals surface area (Å²) in [7, 11) is -3.83. The third-order valence-corrected chi connectivity index (χ3v) is 6.90. The molecule has 0 aliphatic rings. The molecule has 0 atom stereocenters. The molecule has 6 heteroatoms. The van der Waals surface area contributed by atoms with Crippen molar-refractivity contribution < 1.29 is 13.2 Å². The van der Waals surface area contributed by atoms with Crippen molar-refractivity contribution in [3.05, 3.63) is 66.5 Å². The van der Waals surface area contributed by atoms with Crippen LogP contribution in [-0.4, -0.2) is 24.0 Å². The first-order chi connectivity index (χ1) is 14.0. The van der Waals surface area contributed by atoms with Gasteiger partial charge in [0.25, 0.3) is 10.0 Å². The second-order valence-corrected chi connectivity index (χ2v) is 8.84. The summed E-state index contributed by atoms with van der Waals surface area (Å²) in [6, 6.07) is 18.2. The average Bonchev–Trinajstić information content (AvgIpc) is 3.07. The minimum atomic E-state index is -3.83. The van der Waals surface area contributed by atoms with Gasteiger partial charge < -0.3 is 4.74 Å². The second-order valence-electron chi connectivity index (χ2n) is 7.08. The molecule has 0 spiro atoms. The molecule has 29 heavy (non-hydrogen) atoms. The average molecular weight is 409 g/mol. The number of fused-ring (bicyclic) bond motifs is 2. The van der Waals surface area contributed by atoms with Gasteiger partial charge in [-0.2, -0.15) is 0 Å². The van der Waals surface area contributed by atoms with Gasteiger partial charge in [0.15, 0.2) is 0 Å². The van der Waals surface area contributed by atoms with Crippen LogP contribution < -0.4 is 4.74 Å². The zero-order chi connectivity index (χ0) is 20.4. The third kappa shape index (κ3) is 3.49. The SMILES string of the molecule is CCCCCOc1ccc(S(=O)(=O)n2c(C)nc3ccccc32)c2ccccc12. The van der Waals surface area contributed by atoms with Crippen molar-refractivity contribution in [3.8, 4) is 5.75 Å². The van der Waals surface area contributed by atoms with Gasteiger partial charge in [0.05, 0.1) is 22.5 Å². The summed E-state index contributed by atoms with van der Waals surface area (Å²) in [6.07, 6.45) is 3.21. The summed E-state index contributed by atoms with van der Waals surface area (Å²) >= 11 is 0. The highest BCUT2D eigenvalue weighted by molar-refractivity contribution is 7.90. The van der Waals surface area contributed by atoms with Gasteiger partial charge in [0.2, 0.25) is 0 Å². The summed E-state index contributed by atoms with van der Waals surface area (Å²) in [5, 5.41) is 1.45. The molecule has 1 heterocycles. The van der Waals surface area contributed by atoms with E-state index in [0.717, 1.165) is 24.6 Å². The number of para-hydroxylation sites is 2. The van der Waals surface area contributed by atoms with Gasteiger partial charge in [-0.1, -0.05) is 56.2 Å². The smallest absolute Gasteiger partial charge is 0.270 e. The van der Waals surface area contributed by atoms with Gasteiger partial charge >= 0.3 is 0 Å². The van der Waals surface area contributed by atoms with Crippen molar-refractivity contribution in [2.75, 3.05) is 6.61 Å². The molecule has 0 saturated carbocycles. The van der Waals surface area contributed by atoms with Crippen LogP contribution in [0.3, 0.4) is 0 Å². The van der Waals surface area contributed by atoms with Crippen LogP contribution in [0.5, 0.6) is 5.75 Å². The predicted molar refractivity (Wildman–Crippen MR) is 116 cm³/mol. The van der Waals surface area contributed by atoms with Crippen molar-refractivity contribution in [2.45, 2.75) is 38.0 Å². The Hall–Kier alpha value is -2.86. The highest BCUT2D eigenvalue weighted by Crippen LogP contribution is 2.33. The topological polar surface area (TPSA) is 61.2 Å². The Morgan fingerprint density at radius 2 is 1.66 bits per heavy atom. The Labute approximate surface area is 171 Å². The minimum Gasteiger partial charge on any atom is -0.493 e. The molecular formula is C23H24N2O3S. The maximum absolute atomic E-state index is 13.6. The first-order valence-electron chi connectivity index (χ1n) is 9.88. The number of imidazole rings is 1. The summed E-state index contributed by atoms with van der Waals surface area (Å²) in [4.78, 5) is 4.67. The van der Waals surface area contributed by atoms with Gasteiger partial charge in [-0.05, 0) is 37.6 Å². The normalized spacial score (nSPS) is 11.9. The number of aryl methyl sites for hydroxylation is 1. The molecule has 3 aromatic carbocycles. The Bertz CT molecular complexity index is 1280. The first-order valence-corrected chi connectivity index (χ1v) is 11.3. The van der Waals surface area contributed by atoms with E-state index in [4.69, 9.17) is 4.74 Å². The van der Waals surface area contributed by atoms with E-state index in [0.29, 0.717) is 34.6 Å². The highest BCUT2D eigenvalue weighted by Gasteiger charge is 2.25. The van der Waals surface area contributed by atoms with Gasteiger partial charge in [-0.25, -0.2) is 17.4 Å². The fourth-order valence-electron chi connectivity index (χ4n) is 3.66. The number of ether oxygens (including phenoxy) is 1. The zero-order valence-corrected chi connectivity index (χ0v) is 17.4. The molecule has 4 aromatic rings. The number of aromatic nitrogens is 2. The molecule has 0 aliphatic heterocycles. The molecule has 150 valence electrons. The van der Waals surface area contributed by atoms with Gasteiger partial charge in [-0.15, -0.1) is 0 Å². The Morgan fingerprint density at radius 1 is 0.931 bits per heavy atom. The molecule has 0 amide bonds. The Balaban J connectivity index is 1.84. The zero-order valence-electron chi connectivity index (χ0n) is 16.6. The molecule has 0 N–H and O–H groups in total. The molecule has 0 bridgehead atoms. The van der Waals surface area contributed by atoms with E-state index in [1.165, 1.54) is 3.97 Å². The number of unbranched alkanes of at least 4 members (excludes halogenated alkanes) is 2. The molecule has 0 saturated heterocycles. The standard InChI is InChI=1S/C23H24N2O3S/c1-3-4-9-16-28-22-14-15-23(19-11-6-5-10-18(19)22)29(26,27)25-17(2)24-20-12-7-8-13-21(20)25/h5-8,10-15H,3-4,9,16H2,1-2H3. The summed E-state index contributed by atoms with van der Waals surface area (Å²) < 4.78 is 34.6. The second kappa shape index (κ2) is 7.87.